The number of rotatable bonds is 11. The molecular formula is C27H31N3O3S. The first kappa shape index (κ1) is 25.3. The Morgan fingerprint density at radius 1 is 1.21 bits per heavy atom. The number of hydrogen-bond acceptors (Lipinski definition) is 7. The summed E-state index contributed by atoms with van der Waals surface area (Å²) in [5.74, 6) is 0.334. The van der Waals surface area contributed by atoms with Crippen molar-refractivity contribution in [2.75, 3.05) is 19.0 Å². The Hall–Kier alpha value is -3.37. The molecule has 0 aliphatic heterocycles. The van der Waals surface area contributed by atoms with E-state index in [1.54, 1.807) is 35.6 Å². The molecule has 1 atom stereocenters. The van der Waals surface area contributed by atoms with Gasteiger partial charge in [0.05, 0.1) is 36.6 Å². The summed E-state index contributed by atoms with van der Waals surface area (Å²) in [6, 6.07) is 12.6. The van der Waals surface area contributed by atoms with Crippen LogP contribution in [-0.2, 0) is 28.8 Å². The maximum atomic E-state index is 13.0. The lowest BCUT2D eigenvalue weighted by atomic mass is 9.95. The third kappa shape index (κ3) is 6.15. The molecule has 3 rings (SSSR count). The Bertz CT molecular complexity index is 1150. The fourth-order valence-electron chi connectivity index (χ4n) is 3.83. The van der Waals surface area contributed by atoms with E-state index in [1.165, 1.54) is 12.0 Å². The van der Waals surface area contributed by atoms with Crippen LogP contribution in [0.15, 0.2) is 41.9 Å². The second kappa shape index (κ2) is 12.2. The molecule has 0 bridgehead atoms. The van der Waals surface area contributed by atoms with Gasteiger partial charge in [0.1, 0.15) is 5.75 Å². The molecule has 0 saturated heterocycles. The van der Waals surface area contributed by atoms with Crippen molar-refractivity contribution >= 4 is 23.0 Å². The molecule has 2 aromatic carbocycles. The minimum atomic E-state index is -0.750. The normalized spacial score (nSPS) is 11.5. The maximum absolute atomic E-state index is 13.0. The van der Waals surface area contributed by atoms with Crippen molar-refractivity contribution in [3.05, 3.63) is 74.7 Å². The van der Waals surface area contributed by atoms with E-state index < -0.39 is 12.0 Å². The van der Waals surface area contributed by atoms with Crippen molar-refractivity contribution < 1.29 is 14.3 Å². The molecule has 1 N–H and O–H groups in total. The summed E-state index contributed by atoms with van der Waals surface area (Å²) >= 11 is 1.63. The molecule has 0 amide bonds. The first-order valence-electron chi connectivity index (χ1n) is 11.5. The number of anilines is 1. The number of nitrogens with one attached hydrogen (secondary N) is 1. The number of carbonyl (C=O) groups is 1. The largest absolute Gasteiger partial charge is 0.493 e. The van der Waals surface area contributed by atoms with Crippen LogP contribution in [0.5, 0.6) is 5.75 Å². The van der Waals surface area contributed by atoms with Crippen LogP contribution in [0.25, 0.3) is 0 Å². The van der Waals surface area contributed by atoms with Crippen molar-refractivity contribution in [3.63, 3.8) is 0 Å². The van der Waals surface area contributed by atoms with Gasteiger partial charge in [0, 0.05) is 22.5 Å². The van der Waals surface area contributed by atoms with Gasteiger partial charge in [-0.15, -0.1) is 11.3 Å². The van der Waals surface area contributed by atoms with Gasteiger partial charge in [0.25, 0.3) is 0 Å². The Morgan fingerprint density at radius 3 is 2.56 bits per heavy atom. The Labute approximate surface area is 205 Å². The quantitative estimate of drug-likeness (QED) is 0.352. The summed E-state index contributed by atoms with van der Waals surface area (Å²) in [4.78, 5) is 18.5. The van der Waals surface area contributed by atoms with Gasteiger partial charge in [0.15, 0.2) is 6.04 Å². The fourth-order valence-corrected chi connectivity index (χ4v) is 4.59. The zero-order chi connectivity index (χ0) is 24.5. The van der Waals surface area contributed by atoms with E-state index in [2.05, 4.69) is 36.3 Å². The third-order valence-corrected chi connectivity index (χ3v) is 6.67. The van der Waals surface area contributed by atoms with E-state index in [4.69, 9.17) is 14.7 Å². The highest BCUT2D eigenvalue weighted by Crippen LogP contribution is 2.35. The molecule has 1 heterocycles. The zero-order valence-electron chi connectivity index (χ0n) is 20.2. The van der Waals surface area contributed by atoms with E-state index >= 15 is 0 Å². The highest BCUT2D eigenvalue weighted by atomic mass is 32.1. The first-order valence-corrected chi connectivity index (χ1v) is 12.4. The van der Waals surface area contributed by atoms with Crippen LogP contribution in [0.2, 0.25) is 0 Å². The van der Waals surface area contributed by atoms with Gasteiger partial charge >= 0.3 is 5.97 Å². The van der Waals surface area contributed by atoms with Crippen molar-refractivity contribution in [3.8, 4) is 11.8 Å². The van der Waals surface area contributed by atoms with Crippen molar-refractivity contribution in [1.29, 1.82) is 5.26 Å². The van der Waals surface area contributed by atoms with Crippen LogP contribution in [-0.4, -0.2) is 24.7 Å². The van der Waals surface area contributed by atoms with Gasteiger partial charge in [-0.1, -0.05) is 26.3 Å². The molecule has 1 aromatic heterocycles. The second-order valence-electron chi connectivity index (χ2n) is 8.03. The number of nitriles is 1. The number of carbonyl (C=O) groups excluding carboxylic acids is 1. The number of nitrogens with zero attached hydrogens (tertiary/aromatic N) is 2. The monoisotopic (exact) mass is 477 g/mol. The summed E-state index contributed by atoms with van der Waals surface area (Å²) < 4.78 is 11.6. The van der Waals surface area contributed by atoms with Gasteiger partial charge in [-0.2, -0.15) is 5.26 Å². The third-order valence-electron chi connectivity index (χ3n) is 5.68. The molecule has 0 aliphatic carbocycles. The first-order chi connectivity index (χ1) is 16.5. The van der Waals surface area contributed by atoms with Crippen LogP contribution in [0.3, 0.4) is 0 Å². The lowest BCUT2D eigenvalue weighted by molar-refractivity contribution is -0.141. The molecule has 7 heteroatoms. The summed E-state index contributed by atoms with van der Waals surface area (Å²) in [5, 5.41) is 12.4. The highest BCUT2D eigenvalue weighted by Gasteiger charge is 2.27. The lowest BCUT2D eigenvalue weighted by Crippen LogP contribution is -2.24. The number of hydrogen-bond donors (Lipinski definition) is 1. The van der Waals surface area contributed by atoms with Gasteiger partial charge in [-0.25, -0.2) is 9.78 Å². The summed E-state index contributed by atoms with van der Waals surface area (Å²) in [6.45, 7) is 6.73. The molecule has 0 fully saturated rings. The topological polar surface area (TPSA) is 84.2 Å². The molecule has 0 aliphatic rings. The predicted octanol–water partition coefficient (Wildman–Crippen LogP) is 5.79. The Balaban J connectivity index is 2.00. The predicted molar refractivity (Wildman–Crippen MR) is 135 cm³/mol. The number of benzene rings is 2. The van der Waals surface area contributed by atoms with Gasteiger partial charge in [-0.05, 0) is 61.2 Å². The van der Waals surface area contributed by atoms with E-state index in [0.717, 1.165) is 59.5 Å². The number of esters is 1. The molecule has 0 radical (unpaired) electrons. The van der Waals surface area contributed by atoms with Crippen molar-refractivity contribution in [2.24, 2.45) is 0 Å². The number of aromatic nitrogens is 1. The zero-order valence-corrected chi connectivity index (χ0v) is 21.0. The average Bonchev–Trinajstić information content (AvgIpc) is 3.27. The van der Waals surface area contributed by atoms with Gasteiger partial charge in [-0.3, -0.25) is 0 Å². The second-order valence-corrected chi connectivity index (χ2v) is 8.97. The summed E-state index contributed by atoms with van der Waals surface area (Å²) in [6.07, 6.45) is 3.40. The van der Waals surface area contributed by atoms with Crippen LogP contribution in [0, 0.1) is 18.3 Å². The van der Waals surface area contributed by atoms with Crippen LogP contribution >= 0.6 is 11.3 Å². The fraction of sp³-hybridized carbons (Fsp3) is 0.370. The minimum absolute atomic E-state index is 0.400. The molecule has 3 aromatic rings. The number of methoxy groups -OCH3 is 1. The highest BCUT2D eigenvalue weighted by molar-refractivity contribution is 7.09. The van der Waals surface area contributed by atoms with E-state index in [9.17, 15) is 4.79 Å². The molecular weight excluding hydrogens is 446 g/mol. The minimum Gasteiger partial charge on any atom is -0.493 e. The molecule has 0 saturated carbocycles. The van der Waals surface area contributed by atoms with E-state index in [0.29, 0.717) is 12.2 Å². The Morgan fingerprint density at radius 2 is 1.97 bits per heavy atom. The van der Waals surface area contributed by atoms with E-state index in [-0.39, 0.29) is 0 Å². The Kier molecular flexibility index (Phi) is 9.06. The van der Waals surface area contributed by atoms with Crippen LogP contribution < -0.4 is 10.1 Å². The lowest BCUT2D eigenvalue weighted by Gasteiger charge is -2.24. The SMILES string of the molecule is CCCc1cc(CC)cc(C(Nc2ccc(C#N)cc2)C(=O)OC)c1OCCc1scnc1C. The van der Waals surface area contributed by atoms with Crippen LogP contribution in [0.1, 0.15) is 59.1 Å². The van der Waals surface area contributed by atoms with Crippen molar-refractivity contribution in [2.45, 2.75) is 52.5 Å². The molecule has 1 unspecified atom stereocenters. The maximum Gasteiger partial charge on any atom is 0.333 e. The smallest absolute Gasteiger partial charge is 0.333 e. The van der Waals surface area contributed by atoms with Gasteiger partial charge < -0.3 is 14.8 Å². The summed E-state index contributed by atoms with van der Waals surface area (Å²) in [7, 11) is 1.39. The standard InChI is InChI=1S/C27H31N3O3S/c1-5-7-21-14-19(6-2)15-23(26(21)33-13-12-24-18(3)29-17-34-24)25(27(31)32-4)30-22-10-8-20(16-28)9-11-22/h8-11,14-15,17,25,30H,5-7,12-13H2,1-4H3. The number of ether oxygens (including phenoxy) is 2. The number of aryl methyl sites for hydroxylation is 3. The molecule has 178 valence electrons. The average molecular weight is 478 g/mol. The molecule has 6 nitrogen and oxygen atoms in total. The molecule has 34 heavy (non-hydrogen) atoms. The molecule has 0 spiro atoms. The van der Waals surface area contributed by atoms with Crippen LogP contribution in [0.4, 0.5) is 5.69 Å². The number of thiazole rings is 1. The van der Waals surface area contributed by atoms with Crippen molar-refractivity contribution in [1.82, 2.24) is 4.98 Å². The summed E-state index contributed by atoms with van der Waals surface area (Å²) in [5.41, 5.74) is 7.15. The van der Waals surface area contributed by atoms with E-state index in [1.807, 2.05) is 18.5 Å². The van der Waals surface area contributed by atoms with Gasteiger partial charge in [0.2, 0.25) is 0 Å².